The maximum atomic E-state index is 12.3. The molecule has 0 amide bonds. The summed E-state index contributed by atoms with van der Waals surface area (Å²) in [4.78, 5) is 24.2. The number of hydrogen-bond acceptors (Lipinski definition) is 6. The van der Waals surface area contributed by atoms with E-state index >= 15 is 0 Å². The summed E-state index contributed by atoms with van der Waals surface area (Å²) in [6.45, 7) is 3.15. The Morgan fingerprint density at radius 1 is 1.17 bits per heavy atom. The highest BCUT2D eigenvalue weighted by Crippen LogP contribution is 2.16. The van der Waals surface area contributed by atoms with E-state index in [9.17, 15) is 18.0 Å². The summed E-state index contributed by atoms with van der Waals surface area (Å²) in [5, 5.41) is 0. The molecule has 0 saturated heterocycles. The first-order chi connectivity index (χ1) is 11.2. The highest BCUT2D eigenvalue weighted by Gasteiger charge is 2.23. The second-order valence-corrected chi connectivity index (χ2v) is 7.04. The highest BCUT2D eigenvalue weighted by atomic mass is 32.2. The van der Waals surface area contributed by atoms with Crippen molar-refractivity contribution in [3.05, 3.63) is 53.5 Å². The smallest absolute Gasteiger partial charge is 0.375 e. The first kappa shape index (κ1) is 17.7. The maximum Gasteiger partial charge on any atom is 0.375 e. The molecule has 0 unspecified atom stereocenters. The van der Waals surface area contributed by atoms with Gasteiger partial charge in [-0.3, -0.25) is 9.52 Å². The van der Waals surface area contributed by atoms with Crippen molar-refractivity contribution in [3.63, 3.8) is 0 Å². The van der Waals surface area contributed by atoms with Crippen molar-refractivity contribution in [2.24, 2.45) is 0 Å². The van der Waals surface area contributed by atoms with Crippen LogP contribution in [-0.2, 0) is 14.8 Å². The number of hydrogen-bond donors (Lipinski definition) is 1. The molecule has 1 atom stereocenters. The molecule has 7 nitrogen and oxygen atoms in total. The number of esters is 1. The van der Waals surface area contributed by atoms with Crippen LogP contribution in [0.2, 0.25) is 0 Å². The van der Waals surface area contributed by atoms with Crippen molar-refractivity contribution in [1.82, 2.24) is 0 Å². The zero-order chi connectivity index (χ0) is 17.9. The standard InChI is InChI=1S/C16H17NO6S/c1-10-8-9-22-15(10)16(19)23-11(2)14(18)12-4-6-13(7-5-12)17-24(3,20)21/h4-9,11,17H,1-3H3/t11-/m0/s1. The molecule has 0 fully saturated rings. The van der Waals surface area contributed by atoms with Gasteiger partial charge in [-0.15, -0.1) is 0 Å². The zero-order valence-corrected chi connectivity index (χ0v) is 14.2. The molecule has 1 aromatic heterocycles. The minimum absolute atomic E-state index is 0.0577. The molecule has 128 valence electrons. The maximum absolute atomic E-state index is 12.3. The van der Waals surface area contributed by atoms with Crippen molar-refractivity contribution >= 4 is 27.5 Å². The lowest BCUT2D eigenvalue weighted by Crippen LogP contribution is -2.24. The number of aryl methyl sites for hydroxylation is 1. The molecule has 0 aliphatic carbocycles. The molecule has 0 radical (unpaired) electrons. The van der Waals surface area contributed by atoms with Gasteiger partial charge in [0.15, 0.2) is 6.10 Å². The summed E-state index contributed by atoms with van der Waals surface area (Å²) in [6, 6.07) is 7.45. The van der Waals surface area contributed by atoms with E-state index in [0.717, 1.165) is 6.26 Å². The molecule has 1 aromatic carbocycles. The molecule has 8 heteroatoms. The summed E-state index contributed by atoms with van der Waals surface area (Å²) >= 11 is 0. The largest absolute Gasteiger partial charge is 0.457 e. The molecule has 24 heavy (non-hydrogen) atoms. The van der Waals surface area contributed by atoms with Crippen molar-refractivity contribution in [2.75, 3.05) is 11.0 Å². The van der Waals surface area contributed by atoms with Crippen molar-refractivity contribution in [3.8, 4) is 0 Å². The molecule has 2 rings (SSSR count). The van der Waals surface area contributed by atoms with E-state index < -0.39 is 27.9 Å². The molecule has 0 aliphatic heterocycles. The number of anilines is 1. The van der Waals surface area contributed by atoms with Gasteiger partial charge in [-0.05, 0) is 44.2 Å². The number of ketones is 1. The lowest BCUT2D eigenvalue weighted by Gasteiger charge is -2.12. The van der Waals surface area contributed by atoms with Crippen LogP contribution in [-0.4, -0.2) is 32.5 Å². The minimum Gasteiger partial charge on any atom is -0.457 e. The highest BCUT2D eigenvalue weighted by molar-refractivity contribution is 7.92. The Balaban J connectivity index is 2.05. The van der Waals surface area contributed by atoms with Crippen LogP contribution in [0.4, 0.5) is 5.69 Å². The monoisotopic (exact) mass is 351 g/mol. The number of ether oxygens (including phenoxy) is 1. The molecule has 0 saturated carbocycles. The number of furan rings is 1. The average molecular weight is 351 g/mol. The van der Waals surface area contributed by atoms with Crippen molar-refractivity contribution < 1.29 is 27.2 Å². The van der Waals surface area contributed by atoms with Gasteiger partial charge >= 0.3 is 5.97 Å². The van der Waals surface area contributed by atoms with Crippen LogP contribution >= 0.6 is 0 Å². The number of carbonyl (C=O) groups is 2. The quantitative estimate of drug-likeness (QED) is 0.633. The normalized spacial score (nSPS) is 12.5. The third-order valence-corrected chi connectivity index (χ3v) is 3.78. The van der Waals surface area contributed by atoms with E-state index in [0.29, 0.717) is 16.8 Å². The summed E-state index contributed by atoms with van der Waals surface area (Å²) in [6.07, 6.45) is 1.39. The van der Waals surface area contributed by atoms with Gasteiger partial charge in [-0.2, -0.15) is 0 Å². The Morgan fingerprint density at radius 3 is 2.29 bits per heavy atom. The van der Waals surface area contributed by atoms with Gasteiger partial charge in [0.2, 0.25) is 21.6 Å². The van der Waals surface area contributed by atoms with Crippen LogP contribution in [0.5, 0.6) is 0 Å². The van der Waals surface area contributed by atoms with Crippen molar-refractivity contribution in [1.29, 1.82) is 0 Å². The SMILES string of the molecule is Cc1ccoc1C(=O)O[C@@H](C)C(=O)c1ccc(NS(C)(=O)=O)cc1. The predicted molar refractivity (Wildman–Crippen MR) is 87.6 cm³/mol. The fraction of sp³-hybridized carbons (Fsp3) is 0.250. The lowest BCUT2D eigenvalue weighted by atomic mass is 10.1. The van der Waals surface area contributed by atoms with E-state index in [-0.39, 0.29) is 5.76 Å². The Morgan fingerprint density at radius 2 is 1.79 bits per heavy atom. The third kappa shape index (κ3) is 4.45. The van der Waals surface area contributed by atoms with Crippen LogP contribution < -0.4 is 4.72 Å². The molecule has 0 aliphatic rings. The Hall–Kier alpha value is -2.61. The molecule has 1 N–H and O–H groups in total. The zero-order valence-electron chi connectivity index (χ0n) is 13.4. The molecule has 1 heterocycles. The fourth-order valence-corrected chi connectivity index (χ4v) is 2.57. The molecule has 0 bridgehead atoms. The average Bonchev–Trinajstić information content (AvgIpc) is 2.92. The van der Waals surface area contributed by atoms with Crippen LogP contribution in [0.25, 0.3) is 0 Å². The van der Waals surface area contributed by atoms with Gasteiger partial charge in [0.1, 0.15) is 0 Å². The summed E-state index contributed by atoms with van der Waals surface area (Å²) in [5.41, 5.74) is 1.26. The number of nitrogens with one attached hydrogen (secondary N) is 1. The van der Waals surface area contributed by atoms with E-state index in [1.165, 1.54) is 37.5 Å². The van der Waals surface area contributed by atoms with Crippen LogP contribution in [0, 0.1) is 6.92 Å². The first-order valence-electron chi connectivity index (χ1n) is 7.04. The van der Waals surface area contributed by atoms with Gasteiger partial charge in [0.05, 0.1) is 12.5 Å². The van der Waals surface area contributed by atoms with Crippen LogP contribution in [0.1, 0.15) is 33.4 Å². The predicted octanol–water partition coefficient (Wildman–Crippen LogP) is 2.39. The second kappa shape index (κ2) is 6.88. The molecule has 2 aromatic rings. The van der Waals surface area contributed by atoms with Gasteiger partial charge in [0.25, 0.3) is 0 Å². The van der Waals surface area contributed by atoms with Crippen LogP contribution in [0.3, 0.4) is 0 Å². The van der Waals surface area contributed by atoms with Crippen molar-refractivity contribution in [2.45, 2.75) is 20.0 Å². The van der Waals surface area contributed by atoms with E-state index in [1.54, 1.807) is 13.0 Å². The van der Waals surface area contributed by atoms with Gasteiger partial charge < -0.3 is 9.15 Å². The van der Waals surface area contributed by atoms with Gasteiger partial charge in [-0.1, -0.05) is 0 Å². The van der Waals surface area contributed by atoms with Gasteiger partial charge in [0, 0.05) is 16.8 Å². The Labute approximate surface area is 139 Å². The number of sulfonamides is 1. The van der Waals surface area contributed by atoms with E-state index in [2.05, 4.69) is 4.72 Å². The summed E-state index contributed by atoms with van der Waals surface area (Å²) in [5.74, 6) is -1.06. The lowest BCUT2D eigenvalue weighted by molar-refractivity contribution is 0.0288. The third-order valence-electron chi connectivity index (χ3n) is 3.17. The van der Waals surface area contributed by atoms with Crippen LogP contribution in [0.15, 0.2) is 41.0 Å². The molecular formula is C16H17NO6S. The topological polar surface area (TPSA) is 103 Å². The fourth-order valence-electron chi connectivity index (χ4n) is 2.00. The molecular weight excluding hydrogens is 334 g/mol. The minimum atomic E-state index is -3.39. The number of carbonyl (C=O) groups excluding carboxylic acids is 2. The number of Topliss-reactive ketones (excluding diaryl/α,β-unsaturated/α-hetero) is 1. The van der Waals surface area contributed by atoms with E-state index in [1.807, 2.05) is 0 Å². The Bertz CT molecular complexity index is 851. The molecule has 0 spiro atoms. The summed E-state index contributed by atoms with van der Waals surface area (Å²) in [7, 11) is -3.39. The summed E-state index contributed by atoms with van der Waals surface area (Å²) < 4.78 is 34.7. The van der Waals surface area contributed by atoms with Gasteiger partial charge in [-0.25, -0.2) is 13.2 Å². The first-order valence-corrected chi connectivity index (χ1v) is 8.93. The Kier molecular flexibility index (Phi) is 5.08. The number of benzene rings is 1. The second-order valence-electron chi connectivity index (χ2n) is 5.30. The number of rotatable bonds is 6. The van der Waals surface area contributed by atoms with E-state index in [4.69, 9.17) is 9.15 Å².